The molecule has 102 valence electrons. The quantitative estimate of drug-likeness (QED) is 0.913. The average Bonchev–Trinajstić information content (AvgIpc) is 2.95. The second kappa shape index (κ2) is 6.04. The molecule has 0 spiro atoms. The third-order valence-corrected chi connectivity index (χ3v) is 4.06. The highest BCUT2D eigenvalue weighted by Crippen LogP contribution is 2.35. The van der Waals surface area contributed by atoms with Crippen molar-refractivity contribution in [2.45, 2.75) is 12.8 Å². The number of nitrogens with zero attached hydrogens (tertiary/aromatic N) is 1. The van der Waals surface area contributed by atoms with Crippen molar-refractivity contribution in [1.29, 1.82) is 0 Å². The van der Waals surface area contributed by atoms with Crippen LogP contribution in [0, 0.1) is 0 Å². The van der Waals surface area contributed by atoms with E-state index in [1.807, 2.05) is 23.6 Å². The Labute approximate surface area is 117 Å². The molecule has 0 amide bonds. The van der Waals surface area contributed by atoms with Crippen LogP contribution in [0.4, 0.5) is 0 Å². The van der Waals surface area contributed by atoms with E-state index in [-0.39, 0.29) is 5.92 Å². The van der Waals surface area contributed by atoms with Crippen LogP contribution in [-0.4, -0.2) is 25.7 Å². The van der Waals surface area contributed by atoms with Gasteiger partial charge in [-0.05, 0) is 18.2 Å². The molecule has 1 heterocycles. The highest BCUT2D eigenvalue weighted by molar-refractivity contribution is 7.10. The van der Waals surface area contributed by atoms with Gasteiger partial charge < -0.3 is 15.2 Å². The fourth-order valence-electron chi connectivity index (χ4n) is 1.75. The number of hydrogen-bond acceptors (Lipinski definition) is 5. The standard InChI is InChI=1S/C14H18N2O2S/c1-9(7-15)14-16-12(8-19-14)11-6-10(17-2)4-5-13(11)18-3/h4-6,8-9H,7,15H2,1-3H3. The molecule has 2 N–H and O–H groups in total. The van der Waals surface area contributed by atoms with Gasteiger partial charge in [-0.1, -0.05) is 6.92 Å². The first-order valence-electron chi connectivity index (χ1n) is 6.07. The zero-order chi connectivity index (χ0) is 13.8. The number of thiazole rings is 1. The van der Waals surface area contributed by atoms with Crippen molar-refractivity contribution in [2.24, 2.45) is 5.73 Å². The van der Waals surface area contributed by atoms with Gasteiger partial charge in [0.25, 0.3) is 0 Å². The third-order valence-electron chi connectivity index (χ3n) is 2.98. The molecule has 1 aromatic heterocycles. The van der Waals surface area contributed by atoms with Gasteiger partial charge in [-0.25, -0.2) is 4.98 Å². The summed E-state index contributed by atoms with van der Waals surface area (Å²) in [6.45, 7) is 2.67. The lowest BCUT2D eigenvalue weighted by molar-refractivity contribution is 0.404. The molecule has 1 aromatic carbocycles. The predicted molar refractivity (Wildman–Crippen MR) is 78.1 cm³/mol. The second-order valence-corrected chi connectivity index (χ2v) is 5.16. The van der Waals surface area contributed by atoms with Crippen molar-refractivity contribution in [3.8, 4) is 22.8 Å². The molecule has 5 heteroatoms. The Morgan fingerprint density at radius 2 is 2.11 bits per heavy atom. The minimum atomic E-state index is 0.273. The lowest BCUT2D eigenvalue weighted by Gasteiger charge is -2.08. The van der Waals surface area contributed by atoms with Crippen LogP contribution < -0.4 is 15.2 Å². The lowest BCUT2D eigenvalue weighted by Crippen LogP contribution is -2.08. The number of aromatic nitrogens is 1. The summed E-state index contributed by atoms with van der Waals surface area (Å²) in [5.74, 6) is 1.85. The minimum absolute atomic E-state index is 0.273. The van der Waals surface area contributed by atoms with Gasteiger partial charge in [0.15, 0.2) is 0 Å². The SMILES string of the molecule is COc1ccc(OC)c(-c2csc(C(C)CN)n2)c1. The summed E-state index contributed by atoms with van der Waals surface area (Å²) >= 11 is 1.62. The molecule has 0 aliphatic carbocycles. The maximum Gasteiger partial charge on any atom is 0.128 e. The van der Waals surface area contributed by atoms with Gasteiger partial charge in [0.1, 0.15) is 11.5 Å². The molecule has 4 nitrogen and oxygen atoms in total. The van der Waals surface area contributed by atoms with Crippen molar-refractivity contribution in [1.82, 2.24) is 4.98 Å². The van der Waals surface area contributed by atoms with Crippen molar-refractivity contribution in [3.05, 3.63) is 28.6 Å². The monoisotopic (exact) mass is 278 g/mol. The maximum absolute atomic E-state index is 5.68. The third kappa shape index (κ3) is 2.88. The fraction of sp³-hybridized carbons (Fsp3) is 0.357. The van der Waals surface area contributed by atoms with Gasteiger partial charge in [-0.15, -0.1) is 11.3 Å². The zero-order valence-corrected chi connectivity index (χ0v) is 12.2. The van der Waals surface area contributed by atoms with Crippen molar-refractivity contribution in [3.63, 3.8) is 0 Å². The predicted octanol–water partition coefficient (Wildman–Crippen LogP) is 2.89. The number of benzene rings is 1. The van der Waals surface area contributed by atoms with Crippen molar-refractivity contribution >= 4 is 11.3 Å². The van der Waals surface area contributed by atoms with E-state index in [1.54, 1.807) is 25.6 Å². The highest BCUT2D eigenvalue weighted by atomic mass is 32.1. The topological polar surface area (TPSA) is 57.4 Å². The van der Waals surface area contributed by atoms with E-state index >= 15 is 0 Å². The summed E-state index contributed by atoms with van der Waals surface area (Å²) in [6.07, 6.45) is 0. The summed E-state index contributed by atoms with van der Waals surface area (Å²) in [5.41, 5.74) is 7.51. The smallest absolute Gasteiger partial charge is 0.128 e. The van der Waals surface area contributed by atoms with Gasteiger partial charge in [0.2, 0.25) is 0 Å². The summed E-state index contributed by atoms with van der Waals surface area (Å²) in [5, 5.41) is 3.07. The van der Waals surface area contributed by atoms with Crippen molar-refractivity contribution in [2.75, 3.05) is 20.8 Å². The molecule has 0 bridgehead atoms. The van der Waals surface area contributed by atoms with Crippen LogP contribution in [0.3, 0.4) is 0 Å². The molecule has 0 aliphatic heterocycles. The van der Waals surface area contributed by atoms with Gasteiger partial charge >= 0.3 is 0 Å². The molecular weight excluding hydrogens is 260 g/mol. The van der Waals surface area contributed by atoms with Crippen LogP contribution in [0.2, 0.25) is 0 Å². The van der Waals surface area contributed by atoms with E-state index in [1.165, 1.54) is 0 Å². The fourth-order valence-corrected chi connectivity index (χ4v) is 2.64. The van der Waals surface area contributed by atoms with Crippen LogP contribution in [0.15, 0.2) is 23.6 Å². The average molecular weight is 278 g/mol. The van der Waals surface area contributed by atoms with Crippen LogP contribution >= 0.6 is 11.3 Å². The van der Waals surface area contributed by atoms with Gasteiger partial charge in [-0.2, -0.15) is 0 Å². The molecule has 2 aromatic rings. The van der Waals surface area contributed by atoms with Crippen molar-refractivity contribution < 1.29 is 9.47 Å². The van der Waals surface area contributed by atoms with Gasteiger partial charge in [-0.3, -0.25) is 0 Å². The first kappa shape index (κ1) is 13.8. The Morgan fingerprint density at radius 1 is 1.32 bits per heavy atom. The Balaban J connectivity index is 2.42. The Morgan fingerprint density at radius 3 is 2.74 bits per heavy atom. The summed E-state index contributed by atoms with van der Waals surface area (Å²) in [7, 11) is 3.30. The van der Waals surface area contributed by atoms with E-state index in [4.69, 9.17) is 15.2 Å². The Kier molecular flexibility index (Phi) is 4.39. The molecule has 1 unspecified atom stereocenters. The summed E-state index contributed by atoms with van der Waals surface area (Å²) in [4.78, 5) is 4.64. The number of ether oxygens (including phenoxy) is 2. The molecule has 0 fully saturated rings. The Bertz CT molecular complexity index is 554. The van der Waals surface area contributed by atoms with Crippen LogP contribution in [0.1, 0.15) is 17.8 Å². The molecule has 2 rings (SSSR count). The first-order valence-corrected chi connectivity index (χ1v) is 6.95. The van der Waals surface area contributed by atoms with E-state index < -0.39 is 0 Å². The van der Waals surface area contributed by atoms with E-state index in [9.17, 15) is 0 Å². The highest BCUT2D eigenvalue weighted by Gasteiger charge is 2.14. The van der Waals surface area contributed by atoms with Crippen LogP contribution in [0.25, 0.3) is 11.3 Å². The van der Waals surface area contributed by atoms with Crippen LogP contribution in [-0.2, 0) is 0 Å². The first-order chi connectivity index (χ1) is 9.19. The largest absolute Gasteiger partial charge is 0.497 e. The van der Waals surface area contributed by atoms with E-state index in [0.29, 0.717) is 6.54 Å². The molecular formula is C14H18N2O2S. The molecule has 0 saturated carbocycles. The number of methoxy groups -OCH3 is 2. The second-order valence-electron chi connectivity index (χ2n) is 4.27. The number of nitrogens with two attached hydrogens (primary N) is 1. The van der Waals surface area contributed by atoms with E-state index in [0.717, 1.165) is 27.8 Å². The number of hydrogen-bond donors (Lipinski definition) is 1. The lowest BCUT2D eigenvalue weighted by atomic mass is 10.1. The molecule has 0 aliphatic rings. The number of rotatable bonds is 5. The zero-order valence-electron chi connectivity index (χ0n) is 11.3. The van der Waals surface area contributed by atoms with Crippen LogP contribution in [0.5, 0.6) is 11.5 Å². The van der Waals surface area contributed by atoms with E-state index in [2.05, 4.69) is 11.9 Å². The normalized spacial score (nSPS) is 12.2. The molecule has 0 radical (unpaired) electrons. The van der Waals surface area contributed by atoms with Gasteiger partial charge in [0, 0.05) is 23.4 Å². The van der Waals surface area contributed by atoms with Gasteiger partial charge in [0.05, 0.1) is 24.9 Å². The summed E-state index contributed by atoms with van der Waals surface area (Å²) < 4.78 is 10.6. The summed E-state index contributed by atoms with van der Waals surface area (Å²) in [6, 6.07) is 5.70. The minimum Gasteiger partial charge on any atom is -0.497 e. The molecule has 1 atom stereocenters. The Hall–Kier alpha value is -1.59. The molecule has 0 saturated heterocycles. The molecule has 19 heavy (non-hydrogen) atoms. The maximum atomic E-state index is 5.68.